The van der Waals surface area contributed by atoms with Gasteiger partial charge in [-0.05, 0) is 44.9 Å². The molecule has 2 fully saturated rings. The van der Waals surface area contributed by atoms with Gasteiger partial charge in [0.25, 0.3) is 5.91 Å². The van der Waals surface area contributed by atoms with E-state index in [0.717, 1.165) is 69.0 Å². The molecule has 3 aliphatic carbocycles. The number of amides is 1. The van der Waals surface area contributed by atoms with E-state index >= 15 is 0 Å². The number of carbonyl (C=O) groups is 1. The van der Waals surface area contributed by atoms with Gasteiger partial charge in [-0.3, -0.25) is 9.48 Å². The molecule has 6 heteroatoms. The van der Waals surface area contributed by atoms with Crippen LogP contribution in [0.5, 0.6) is 0 Å². The van der Waals surface area contributed by atoms with Gasteiger partial charge in [0.15, 0.2) is 5.69 Å². The predicted octanol–water partition coefficient (Wildman–Crippen LogP) is 4.29. The van der Waals surface area contributed by atoms with Crippen molar-refractivity contribution in [1.82, 2.24) is 15.1 Å². The summed E-state index contributed by atoms with van der Waals surface area (Å²) in [5.74, 6) is 0.0941. The van der Waals surface area contributed by atoms with Gasteiger partial charge in [-0.25, -0.2) is 0 Å². The van der Waals surface area contributed by atoms with Crippen molar-refractivity contribution >= 4 is 17.5 Å². The largest absolute Gasteiger partial charge is 0.396 e. The van der Waals surface area contributed by atoms with Crippen LogP contribution in [0.1, 0.15) is 104 Å². The van der Waals surface area contributed by atoms with E-state index < -0.39 is 0 Å². The number of nitrogens with zero attached hydrogens (tertiary/aromatic N) is 2. The summed E-state index contributed by atoms with van der Waals surface area (Å²) in [5.41, 5.74) is 2.76. The lowest BCUT2D eigenvalue weighted by molar-refractivity contribution is 0.0865. The van der Waals surface area contributed by atoms with Crippen LogP contribution in [0.15, 0.2) is 0 Å². The second-order valence-corrected chi connectivity index (χ2v) is 9.14. The summed E-state index contributed by atoms with van der Waals surface area (Å²) in [6.07, 6.45) is 13.1. The normalized spacial score (nSPS) is 29.3. The van der Waals surface area contributed by atoms with E-state index in [4.69, 9.17) is 16.7 Å². The minimum atomic E-state index is -0.0723. The highest BCUT2D eigenvalue weighted by Gasteiger charge is 2.34. The summed E-state index contributed by atoms with van der Waals surface area (Å²) in [7, 11) is 0. The van der Waals surface area contributed by atoms with Crippen molar-refractivity contribution in [2.75, 3.05) is 6.61 Å². The van der Waals surface area contributed by atoms with Gasteiger partial charge >= 0.3 is 0 Å². The van der Waals surface area contributed by atoms with Gasteiger partial charge in [0, 0.05) is 24.1 Å². The van der Waals surface area contributed by atoms with Gasteiger partial charge in [-0.15, -0.1) is 11.6 Å². The molecule has 27 heavy (non-hydrogen) atoms. The Kier molecular flexibility index (Phi) is 6.08. The molecule has 5 nitrogen and oxygen atoms in total. The van der Waals surface area contributed by atoms with Crippen molar-refractivity contribution in [2.24, 2.45) is 5.92 Å². The Morgan fingerprint density at radius 2 is 1.81 bits per heavy atom. The molecule has 1 unspecified atom stereocenters. The van der Waals surface area contributed by atoms with Crippen molar-refractivity contribution in [3.05, 3.63) is 17.0 Å². The smallest absolute Gasteiger partial charge is 0.272 e. The Bertz CT molecular complexity index is 669. The fourth-order valence-corrected chi connectivity index (χ4v) is 5.68. The molecule has 2 N–H and O–H groups in total. The first-order chi connectivity index (χ1) is 13.2. The van der Waals surface area contributed by atoms with Crippen LogP contribution < -0.4 is 5.32 Å². The summed E-state index contributed by atoms with van der Waals surface area (Å²) in [5, 5.41) is 17.7. The molecule has 1 aromatic rings. The molecule has 4 rings (SSSR count). The molecule has 1 heterocycles. The highest BCUT2D eigenvalue weighted by molar-refractivity contribution is 6.21. The average molecular weight is 394 g/mol. The molecule has 2 saturated carbocycles. The summed E-state index contributed by atoms with van der Waals surface area (Å²) in [6, 6.07) is 0.440. The summed E-state index contributed by atoms with van der Waals surface area (Å²) < 4.78 is 2.12. The van der Waals surface area contributed by atoms with E-state index in [1.807, 2.05) is 0 Å². The average Bonchev–Trinajstić information content (AvgIpc) is 3.10. The van der Waals surface area contributed by atoms with Gasteiger partial charge in [0.05, 0.1) is 17.1 Å². The maximum absolute atomic E-state index is 13.1. The molecule has 150 valence electrons. The topological polar surface area (TPSA) is 67.2 Å². The van der Waals surface area contributed by atoms with E-state index in [-0.39, 0.29) is 29.9 Å². The van der Waals surface area contributed by atoms with Crippen molar-refractivity contribution < 1.29 is 9.90 Å². The first-order valence-corrected chi connectivity index (χ1v) is 11.3. The van der Waals surface area contributed by atoms with Crippen LogP contribution in [0.4, 0.5) is 0 Å². The Hall–Kier alpha value is -1.07. The van der Waals surface area contributed by atoms with Crippen molar-refractivity contribution in [1.29, 1.82) is 0 Å². The highest BCUT2D eigenvalue weighted by Crippen LogP contribution is 2.40. The van der Waals surface area contributed by atoms with Gasteiger partial charge < -0.3 is 10.4 Å². The number of hydrogen-bond acceptors (Lipinski definition) is 3. The number of hydrogen-bond donors (Lipinski definition) is 2. The molecule has 0 saturated heterocycles. The fourth-order valence-electron chi connectivity index (χ4n) is 5.29. The maximum Gasteiger partial charge on any atom is 0.272 e. The maximum atomic E-state index is 13.1. The van der Waals surface area contributed by atoms with E-state index in [9.17, 15) is 9.90 Å². The van der Waals surface area contributed by atoms with Crippen LogP contribution in [-0.4, -0.2) is 33.4 Å². The van der Waals surface area contributed by atoms with Crippen LogP contribution in [-0.2, 0) is 6.42 Å². The third-order valence-corrected chi connectivity index (χ3v) is 7.25. The van der Waals surface area contributed by atoms with Crippen molar-refractivity contribution in [3.8, 4) is 0 Å². The first-order valence-electron chi connectivity index (χ1n) is 10.9. The zero-order valence-corrected chi connectivity index (χ0v) is 16.9. The number of aromatic nitrogens is 2. The lowest BCUT2D eigenvalue weighted by Gasteiger charge is -2.30. The minimum absolute atomic E-state index is 0.0374. The summed E-state index contributed by atoms with van der Waals surface area (Å²) in [4.78, 5) is 13.1. The third kappa shape index (κ3) is 3.91. The molecule has 0 aliphatic heterocycles. The number of nitrogens with one attached hydrogen (secondary N) is 1. The lowest BCUT2D eigenvalue weighted by Crippen LogP contribution is -2.43. The second kappa shape index (κ2) is 8.52. The predicted molar refractivity (Wildman–Crippen MR) is 106 cm³/mol. The highest BCUT2D eigenvalue weighted by atomic mass is 35.5. The number of halogens is 1. The molecule has 0 spiro atoms. The molecule has 3 aliphatic rings. The molecule has 1 aromatic heterocycles. The molecule has 1 amide bonds. The Morgan fingerprint density at radius 1 is 1.07 bits per heavy atom. The van der Waals surface area contributed by atoms with E-state index in [2.05, 4.69) is 10.00 Å². The number of aliphatic hydroxyl groups excluding tert-OH is 1. The van der Waals surface area contributed by atoms with Gasteiger partial charge in [0.1, 0.15) is 0 Å². The quantitative estimate of drug-likeness (QED) is 0.750. The Balaban J connectivity index is 1.61. The van der Waals surface area contributed by atoms with Gasteiger partial charge in [0.2, 0.25) is 0 Å². The Labute approximate surface area is 166 Å². The molecular weight excluding hydrogens is 362 g/mol. The van der Waals surface area contributed by atoms with Crippen LogP contribution in [0.2, 0.25) is 0 Å². The monoisotopic (exact) mass is 393 g/mol. The molecule has 0 aromatic carbocycles. The zero-order valence-electron chi connectivity index (χ0n) is 16.1. The number of fused-ring (bicyclic) bond motifs is 1. The van der Waals surface area contributed by atoms with Crippen LogP contribution in [0.25, 0.3) is 0 Å². The number of alkyl halides is 1. The van der Waals surface area contributed by atoms with E-state index in [1.54, 1.807) is 0 Å². The molecule has 3 atom stereocenters. The van der Waals surface area contributed by atoms with Gasteiger partial charge in [-0.1, -0.05) is 32.1 Å². The Morgan fingerprint density at radius 3 is 2.59 bits per heavy atom. The van der Waals surface area contributed by atoms with Crippen LogP contribution in [0, 0.1) is 5.92 Å². The molecule has 0 radical (unpaired) electrons. The number of aliphatic hydroxyl groups is 1. The van der Waals surface area contributed by atoms with Crippen LogP contribution >= 0.6 is 11.6 Å². The minimum Gasteiger partial charge on any atom is -0.396 e. The number of carbonyl (C=O) groups excluding carboxylic acids is 1. The summed E-state index contributed by atoms with van der Waals surface area (Å²) >= 11 is 6.70. The van der Waals surface area contributed by atoms with Crippen molar-refractivity contribution in [2.45, 2.75) is 94.5 Å². The number of rotatable bonds is 4. The third-order valence-electron chi connectivity index (χ3n) is 6.83. The van der Waals surface area contributed by atoms with Crippen LogP contribution in [0.3, 0.4) is 0 Å². The fraction of sp³-hybridized carbons (Fsp3) is 0.810. The molecule has 0 bridgehead atoms. The molecular formula is C21H32ClN3O2. The van der Waals surface area contributed by atoms with Gasteiger partial charge in [-0.2, -0.15) is 5.10 Å². The summed E-state index contributed by atoms with van der Waals surface area (Å²) in [6.45, 7) is 0.142. The zero-order chi connectivity index (χ0) is 18.8. The van der Waals surface area contributed by atoms with E-state index in [1.165, 1.54) is 19.3 Å². The second-order valence-electron chi connectivity index (χ2n) is 8.62. The SMILES string of the molecule is O=C(N[C@H]1CCCC[C@H]1CO)c1nn(C2CCCCC2)c2c1CCCC2Cl. The standard InChI is InChI=1S/C21H32ClN3O2/c22-17-11-6-10-16-19(21(27)23-18-12-5-4-7-14(18)13-26)24-25(20(16)17)15-8-2-1-3-9-15/h14-15,17-18,26H,1-13H2,(H,23,27)/t14-,17?,18-/m0/s1. The van der Waals surface area contributed by atoms with Crippen molar-refractivity contribution in [3.63, 3.8) is 0 Å². The first kappa shape index (κ1) is 19.3. The lowest BCUT2D eigenvalue weighted by atomic mass is 9.85. The van der Waals surface area contributed by atoms with E-state index in [0.29, 0.717) is 11.7 Å².